The van der Waals surface area contributed by atoms with Crippen LogP contribution in [0.3, 0.4) is 0 Å². The molecular weight excluding hydrogens is 264 g/mol. The topological polar surface area (TPSA) is 55.1 Å². The lowest BCUT2D eigenvalue weighted by molar-refractivity contribution is 0.0998. The SMILES string of the molecule is O=C(Nc1cnccc1Cl)c1cc2ccccc2o1. The van der Waals surface area contributed by atoms with Gasteiger partial charge in [-0.1, -0.05) is 29.8 Å². The minimum atomic E-state index is -0.355. The number of hydrogen-bond donors (Lipinski definition) is 1. The van der Waals surface area contributed by atoms with E-state index in [1.54, 1.807) is 18.3 Å². The molecular formula is C14H9ClN2O2. The maximum Gasteiger partial charge on any atom is 0.291 e. The van der Waals surface area contributed by atoms with Crippen molar-refractivity contribution < 1.29 is 9.21 Å². The van der Waals surface area contributed by atoms with Gasteiger partial charge in [-0.05, 0) is 18.2 Å². The summed E-state index contributed by atoms with van der Waals surface area (Å²) in [7, 11) is 0. The number of hydrogen-bond acceptors (Lipinski definition) is 3. The molecule has 94 valence electrons. The van der Waals surface area contributed by atoms with Gasteiger partial charge in [0.25, 0.3) is 5.91 Å². The third-order valence-corrected chi connectivity index (χ3v) is 2.99. The first kappa shape index (κ1) is 11.7. The van der Waals surface area contributed by atoms with Crippen LogP contribution < -0.4 is 5.32 Å². The molecule has 0 saturated heterocycles. The molecule has 1 aromatic carbocycles. The molecule has 0 aliphatic carbocycles. The largest absolute Gasteiger partial charge is 0.451 e. The van der Waals surface area contributed by atoms with Crippen LogP contribution in [0.1, 0.15) is 10.6 Å². The normalized spacial score (nSPS) is 10.6. The van der Waals surface area contributed by atoms with Gasteiger partial charge < -0.3 is 9.73 Å². The van der Waals surface area contributed by atoms with E-state index in [1.807, 2.05) is 24.3 Å². The fraction of sp³-hybridized carbons (Fsp3) is 0. The zero-order valence-electron chi connectivity index (χ0n) is 9.76. The number of anilines is 1. The first-order valence-electron chi connectivity index (χ1n) is 5.63. The number of pyridine rings is 1. The Morgan fingerprint density at radius 3 is 2.89 bits per heavy atom. The molecule has 2 heterocycles. The fourth-order valence-electron chi connectivity index (χ4n) is 1.75. The smallest absolute Gasteiger partial charge is 0.291 e. The van der Waals surface area contributed by atoms with Crippen LogP contribution in [0.5, 0.6) is 0 Å². The Labute approximate surface area is 114 Å². The lowest BCUT2D eigenvalue weighted by atomic mass is 10.2. The number of halogens is 1. The van der Waals surface area contributed by atoms with E-state index in [1.165, 1.54) is 6.20 Å². The molecule has 0 atom stereocenters. The first-order chi connectivity index (χ1) is 9.24. The molecule has 5 heteroatoms. The van der Waals surface area contributed by atoms with Crippen LogP contribution in [0.4, 0.5) is 5.69 Å². The molecule has 4 nitrogen and oxygen atoms in total. The molecule has 1 amide bonds. The van der Waals surface area contributed by atoms with Gasteiger partial charge in [-0.3, -0.25) is 9.78 Å². The average Bonchev–Trinajstić information content (AvgIpc) is 2.85. The number of carbonyl (C=O) groups excluding carboxylic acids is 1. The molecule has 0 spiro atoms. The lowest BCUT2D eigenvalue weighted by Gasteiger charge is -2.03. The van der Waals surface area contributed by atoms with Crippen molar-refractivity contribution in [3.63, 3.8) is 0 Å². The summed E-state index contributed by atoms with van der Waals surface area (Å²) in [6.07, 6.45) is 3.04. The van der Waals surface area contributed by atoms with Gasteiger partial charge in [0.1, 0.15) is 5.58 Å². The summed E-state index contributed by atoms with van der Waals surface area (Å²) in [5.41, 5.74) is 1.12. The second-order valence-corrected chi connectivity index (χ2v) is 4.37. The second kappa shape index (κ2) is 4.74. The molecule has 0 unspecified atom stereocenters. The minimum absolute atomic E-state index is 0.237. The summed E-state index contributed by atoms with van der Waals surface area (Å²) in [4.78, 5) is 15.9. The van der Waals surface area contributed by atoms with Gasteiger partial charge in [0.15, 0.2) is 5.76 Å². The summed E-state index contributed by atoms with van der Waals surface area (Å²) >= 11 is 5.95. The van der Waals surface area contributed by atoms with Crippen LogP contribution in [0.15, 0.2) is 53.2 Å². The number of furan rings is 1. The second-order valence-electron chi connectivity index (χ2n) is 3.96. The molecule has 0 radical (unpaired) electrons. The summed E-state index contributed by atoms with van der Waals surface area (Å²) < 4.78 is 5.47. The molecule has 3 rings (SSSR count). The Balaban J connectivity index is 1.90. The molecule has 3 aromatic rings. The van der Waals surface area contributed by atoms with Crippen LogP contribution in [-0.4, -0.2) is 10.9 Å². The van der Waals surface area contributed by atoms with Gasteiger partial charge >= 0.3 is 0 Å². The third kappa shape index (κ3) is 2.30. The van der Waals surface area contributed by atoms with Gasteiger partial charge in [0, 0.05) is 11.6 Å². The van der Waals surface area contributed by atoms with Crippen molar-refractivity contribution in [1.82, 2.24) is 4.98 Å². The molecule has 2 aromatic heterocycles. The minimum Gasteiger partial charge on any atom is -0.451 e. The van der Waals surface area contributed by atoms with Crippen molar-refractivity contribution >= 4 is 34.2 Å². The highest BCUT2D eigenvalue weighted by molar-refractivity contribution is 6.33. The molecule has 1 N–H and O–H groups in total. The number of carbonyl (C=O) groups is 1. The Morgan fingerprint density at radius 1 is 1.26 bits per heavy atom. The van der Waals surface area contributed by atoms with Gasteiger partial charge in [-0.15, -0.1) is 0 Å². The maximum absolute atomic E-state index is 12.0. The zero-order valence-corrected chi connectivity index (χ0v) is 10.5. The third-order valence-electron chi connectivity index (χ3n) is 2.67. The van der Waals surface area contributed by atoms with E-state index >= 15 is 0 Å². The van der Waals surface area contributed by atoms with Crippen molar-refractivity contribution in [3.05, 3.63) is 59.6 Å². The molecule has 0 fully saturated rings. The predicted molar refractivity (Wildman–Crippen MR) is 73.4 cm³/mol. The predicted octanol–water partition coefficient (Wildman–Crippen LogP) is 3.73. The van der Waals surface area contributed by atoms with Gasteiger partial charge in [0.05, 0.1) is 16.9 Å². The number of nitrogens with one attached hydrogen (secondary N) is 1. The van der Waals surface area contributed by atoms with E-state index in [0.29, 0.717) is 16.3 Å². The number of rotatable bonds is 2. The summed E-state index contributed by atoms with van der Waals surface area (Å²) in [6.45, 7) is 0. The van der Waals surface area contributed by atoms with Gasteiger partial charge in [0.2, 0.25) is 0 Å². The number of amides is 1. The number of aromatic nitrogens is 1. The van der Waals surface area contributed by atoms with E-state index in [9.17, 15) is 4.79 Å². The van der Waals surface area contributed by atoms with Gasteiger partial charge in [-0.2, -0.15) is 0 Å². The quantitative estimate of drug-likeness (QED) is 0.773. The Morgan fingerprint density at radius 2 is 2.11 bits per heavy atom. The lowest BCUT2D eigenvalue weighted by Crippen LogP contribution is -2.11. The highest BCUT2D eigenvalue weighted by Crippen LogP contribution is 2.22. The van der Waals surface area contributed by atoms with Crippen LogP contribution in [0.25, 0.3) is 11.0 Å². The molecule has 0 saturated carbocycles. The highest BCUT2D eigenvalue weighted by Gasteiger charge is 2.13. The number of fused-ring (bicyclic) bond motifs is 1. The zero-order chi connectivity index (χ0) is 13.2. The van der Waals surface area contributed by atoms with E-state index in [0.717, 1.165) is 5.39 Å². The number of nitrogens with zero attached hydrogens (tertiary/aromatic N) is 1. The number of para-hydroxylation sites is 1. The first-order valence-corrected chi connectivity index (χ1v) is 6.01. The molecule has 0 aliphatic heterocycles. The van der Waals surface area contributed by atoms with Crippen molar-refractivity contribution in [2.75, 3.05) is 5.32 Å². The van der Waals surface area contributed by atoms with Crippen molar-refractivity contribution in [3.8, 4) is 0 Å². The Hall–Kier alpha value is -2.33. The summed E-state index contributed by atoms with van der Waals surface area (Å²) in [6, 6.07) is 10.7. The van der Waals surface area contributed by atoms with Crippen LogP contribution >= 0.6 is 11.6 Å². The maximum atomic E-state index is 12.0. The van der Waals surface area contributed by atoms with Crippen molar-refractivity contribution in [2.45, 2.75) is 0 Å². The molecule has 19 heavy (non-hydrogen) atoms. The van der Waals surface area contributed by atoms with E-state index in [2.05, 4.69) is 10.3 Å². The average molecular weight is 273 g/mol. The van der Waals surface area contributed by atoms with Crippen molar-refractivity contribution in [1.29, 1.82) is 0 Å². The van der Waals surface area contributed by atoms with Crippen LogP contribution in [-0.2, 0) is 0 Å². The van der Waals surface area contributed by atoms with Crippen LogP contribution in [0, 0.1) is 0 Å². The van der Waals surface area contributed by atoms with Gasteiger partial charge in [-0.25, -0.2) is 0 Å². The van der Waals surface area contributed by atoms with E-state index in [-0.39, 0.29) is 11.7 Å². The summed E-state index contributed by atoms with van der Waals surface area (Å²) in [5.74, 6) is -0.118. The number of benzene rings is 1. The molecule has 0 bridgehead atoms. The Bertz CT molecular complexity index is 719. The van der Waals surface area contributed by atoms with Crippen molar-refractivity contribution in [2.24, 2.45) is 0 Å². The summed E-state index contributed by atoms with van der Waals surface area (Å²) in [5, 5.41) is 3.97. The van der Waals surface area contributed by atoms with E-state index < -0.39 is 0 Å². The van der Waals surface area contributed by atoms with E-state index in [4.69, 9.17) is 16.0 Å². The van der Waals surface area contributed by atoms with Crippen LogP contribution in [0.2, 0.25) is 5.02 Å². The highest BCUT2D eigenvalue weighted by atomic mass is 35.5. The standard InChI is InChI=1S/C14H9ClN2O2/c15-10-5-6-16-8-11(10)17-14(18)13-7-9-3-1-2-4-12(9)19-13/h1-8H,(H,17,18). The molecule has 0 aliphatic rings. The monoisotopic (exact) mass is 272 g/mol. The Kier molecular flexibility index (Phi) is 2.93. The fourth-order valence-corrected chi connectivity index (χ4v) is 1.90.